The van der Waals surface area contributed by atoms with E-state index in [1.165, 1.54) is 0 Å². The third-order valence-corrected chi connectivity index (χ3v) is 5.81. The molecule has 6 atom stereocenters. The Labute approximate surface area is 132 Å². The molecule has 1 saturated heterocycles. The molecule has 2 saturated carbocycles. The van der Waals surface area contributed by atoms with Crippen molar-refractivity contribution in [3.8, 4) is 0 Å². The van der Waals surface area contributed by atoms with Crippen molar-refractivity contribution in [3.05, 3.63) is 29.6 Å². The van der Waals surface area contributed by atoms with Gasteiger partial charge in [0.1, 0.15) is 0 Å². The third kappa shape index (κ3) is 1.59. The molecule has 5 aliphatic rings. The van der Waals surface area contributed by atoms with Gasteiger partial charge in [-0.25, -0.2) is 0 Å². The van der Waals surface area contributed by atoms with Crippen molar-refractivity contribution < 1.29 is 14.4 Å². The number of hydrogen-bond donors (Lipinski definition) is 2. The highest BCUT2D eigenvalue weighted by Gasteiger charge is 2.67. The van der Waals surface area contributed by atoms with Crippen molar-refractivity contribution in [1.82, 2.24) is 20.6 Å². The minimum absolute atomic E-state index is 0.154. The van der Waals surface area contributed by atoms with Gasteiger partial charge in [0.15, 0.2) is 5.69 Å². The number of nitrogens with one attached hydrogen (secondary N) is 2. The minimum atomic E-state index is -0.542. The van der Waals surface area contributed by atoms with Crippen molar-refractivity contribution in [3.63, 3.8) is 0 Å². The number of carbonyl (C=O) groups excluding carboxylic acids is 3. The van der Waals surface area contributed by atoms with E-state index in [0.29, 0.717) is 11.8 Å². The lowest BCUT2D eigenvalue weighted by atomic mass is 9.63. The average Bonchev–Trinajstić information content (AvgIpc) is 3.21. The van der Waals surface area contributed by atoms with Crippen LogP contribution < -0.4 is 5.43 Å². The summed E-state index contributed by atoms with van der Waals surface area (Å²) in [5.41, 5.74) is 3.36. The van der Waals surface area contributed by atoms with E-state index in [1.54, 1.807) is 13.0 Å². The zero-order valence-corrected chi connectivity index (χ0v) is 12.5. The van der Waals surface area contributed by atoms with Gasteiger partial charge in [0.25, 0.3) is 17.7 Å². The van der Waals surface area contributed by atoms with Crippen molar-refractivity contribution in [2.75, 3.05) is 0 Å². The SMILES string of the molecule is Cc1cc(C(=O)NN2C(=O)[C@@H]3C4C=CC(C5CC54)[C@@H]3C2=O)n[nH]1. The Morgan fingerprint density at radius 2 is 1.83 bits per heavy atom. The molecule has 23 heavy (non-hydrogen) atoms. The summed E-state index contributed by atoms with van der Waals surface area (Å²) in [6, 6.07) is 1.58. The number of imide groups is 1. The Balaban J connectivity index is 1.42. The zero-order valence-electron chi connectivity index (χ0n) is 12.5. The van der Waals surface area contributed by atoms with Crippen LogP contribution in [0, 0.1) is 42.4 Å². The van der Waals surface area contributed by atoms with E-state index in [0.717, 1.165) is 17.1 Å². The minimum Gasteiger partial charge on any atom is -0.282 e. The van der Waals surface area contributed by atoms with Crippen LogP contribution in [0.2, 0.25) is 0 Å². The number of hydrogen-bond acceptors (Lipinski definition) is 4. The lowest BCUT2D eigenvalue weighted by Crippen LogP contribution is -2.47. The number of carbonyl (C=O) groups is 3. The quantitative estimate of drug-likeness (QED) is 0.611. The maximum Gasteiger partial charge on any atom is 0.290 e. The first-order valence-electron chi connectivity index (χ1n) is 7.95. The topological polar surface area (TPSA) is 95.2 Å². The van der Waals surface area contributed by atoms with Gasteiger partial charge in [-0.3, -0.25) is 24.9 Å². The molecule has 1 aromatic heterocycles. The normalized spacial score (nSPS) is 39.4. The fourth-order valence-electron chi connectivity index (χ4n) is 4.76. The number of aromatic nitrogens is 2. The molecule has 2 N–H and O–H groups in total. The molecule has 0 aromatic carbocycles. The monoisotopic (exact) mass is 312 g/mol. The zero-order chi connectivity index (χ0) is 15.9. The third-order valence-electron chi connectivity index (χ3n) is 5.81. The maximum atomic E-state index is 12.7. The summed E-state index contributed by atoms with van der Waals surface area (Å²) in [6.07, 6.45) is 5.33. The highest BCUT2D eigenvalue weighted by molar-refractivity contribution is 6.08. The predicted octanol–water partition coefficient (Wildman–Crippen LogP) is 0.416. The molecular weight excluding hydrogens is 296 g/mol. The molecule has 4 unspecified atom stereocenters. The van der Waals surface area contributed by atoms with E-state index in [9.17, 15) is 14.4 Å². The second-order valence-corrected chi connectivity index (χ2v) is 7.04. The summed E-state index contributed by atoms with van der Waals surface area (Å²) in [7, 11) is 0. The first-order chi connectivity index (χ1) is 11.1. The highest BCUT2D eigenvalue weighted by Crippen LogP contribution is 2.65. The van der Waals surface area contributed by atoms with Gasteiger partial charge >= 0.3 is 0 Å². The second-order valence-electron chi connectivity index (χ2n) is 7.04. The first kappa shape index (κ1) is 13.0. The van der Waals surface area contributed by atoms with Crippen molar-refractivity contribution in [1.29, 1.82) is 0 Å². The Morgan fingerprint density at radius 1 is 1.22 bits per heavy atom. The van der Waals surface area contributed by atoms with Gasteiger partial charge in [-0.05, 0) is 43.1 Å². The van der Waals surface area contributed by atoms with E-state index in [1.807, 2.05) is 0 Å². The number of hydrazine groups is 1. The van der Waals surface area contributed by atoms with Crippen LogP contribution in [0.1, 0.15) is 22.6 Å². The molecule has 1 aromatic rings. The molecule has 1 aliphatic heterocycles. The molecule has 0 radical (unpaired) electrons. The Hall–Kier alpha value is -2.44. The largest absolute Gasteiger partial charge is 0.290 e. The predicted molar refractivity (Wildman–Crippen MR) is 77.3 cm³/mol. The Bertz CT molecular complexity index is 746. The van der Waals surface area contributed by atoms with Gasteiger partial charge in [0.05, 0.1) is 11.8 Å². The molecule has 6 rings (SSSR count). The van der Waals surface area contributed by atoms with Gasteiger partial charge in [0, 0.05) is 5.69 Å². The fourth-order valence-corrected chi connectivity index (χ4v) is 4.76. The van der Waals surface area contributed by atoms with Gasteiger partial charge in [-0.15, -0.1) is 0 Å². The molecule has 2 bridgehead atoms. The highest BCUT2D eigenvalue weighted by atomic mass is 16.2. The van der Waals surface area contributed by atoms with Crippen LogP contribution in [0.15, 0.2) is 18.2 Å². The number of rotatable bonds is 2. The van der Waals surface area contributed by atoms with Crippen LogP contribution in [0.25, 0.3) is 0 Å². The van der Waals surface area contributed by atoms with Gasteiger partial charge in [0.2, 0.25) is 0 Å². The summed E-state index contributed by atoms with van der Waals surface area (Å²) < 4.78 is 0. The summed E-state index contributed by atoms with van der Waals surface area (Å²) in [5, 5.41) is 7.46. The first-order valence-corrected chi connectivity index (χ1v) is 7.95. The summed E-state index contributed by atoms with van der Waals surface area (Å²) in [4.78, 5) is 37.6. The van der Waals surface area contributed by atoms with Crippen molar-refractivity contribution >= 4 is 17.7 Å². The number of aromatic amines is 1. The lowest BCUT2D eigenvalue weighted by molar-refractivity contribution is -0.143. The molecule has 118 valence electrons. The standard InChI is InChI=1S/C16H16N4O3/c1-6-4-11(18-17-6)14(21)19-20-15(22)12-7-2-3-8(10-5-9(7)10)13(12)16(20)23/h2-4,7-10,12-13H,5H2,1H3,(H,17,18)(H,19,21)/t7?,8?,9?,10?,12-,13+. The Kier molecular flexibility index (Phi) is 2.32. The molecule has 4 aliphatic carbocycles. The smallest absolute Gasteiger partial charge is 0.282 e. The molecule has 0 spiro atoms. The van der Waals surface area contributed by atoms with Crippen LogP contribution in [0.4, 0.5) is 0 Å². The van der Waals surface area contributed by atoms with E-state index in [2.05, 4.69) is 27.8 Å². The molecular formula is C16H16N4O3. The maximum absolute atomic E-state index is 12.7. The molecule has 3 fully saturated rings. The summed E-state index contributed by atoms with van der Waals surface area (Å²) >= 11 is 0. The van der Waals surface area contributed by atoms with Crippen LogP contribution in [0.5, 0.6) is 0 Å². The summed E-state index contributed by atoms with van der Waals surface area (Å²) in [6.45, 7) is 1.78. The number of allylic oxidation sites excluding steroid dienone is 2. The van der Waals surface area contributed by atoms with Gasteiger partial charge in [-0.1, -0.05) is 12.2 Å². The summed E-state index contributed by atoms with van der Waals surface area (Å²) in [5.74, 6) is -0.289. The average molecular weight is 312 g/mol. The molecule has 7 heteroatoms. The molecule has 2 heterocycles. The van der Waals surface area contributed by atoms with E-state index in [4.69, 9.17) is 0 Å². The van der Waals surface area contributed by atoms with Gasteiger partial charge < -0.3 is 0 Å². The van der Waals surface area contributed by atoms with E-state index in [-0.39, 0.29) is 41.2 Å². The van der Waals surface area contributed by atoms with Crippen LogP contribution in [-0.2, 0) is 9.59 Å². The number of H-pyrrole nitrogens is 1. The molecule has 7 nitrogen and oxygen atoms in total. The van der Waals surface area contributed by atoms with Crippen molar-refractivity contribution in [2.24, 2.45) is 35.5 Å². The lowest BCUT2D eigenvalue weighted by Gasteiger charge is -2.37. The second kappa shape index (κ2) is 4.10. The fraction of sp³-hybridized carbons (Fsp3) is 0.500. The van der Waals surface area contributed by atoms with Crippen LogP contribution >= 0.6 is 0 Å². The number of aryl methyl sites for hydroxylation is 1. The van der Waals surface area contributed by atoms with E-state index < -0.39 is 5.91 Å². The molecule has 3 amide bonds. The van der Waals surface area contributed by atoms with Gasteiger partial charge in [-0.2, -0.15) is 10.1 Å². The van der Waals surface area contributed by atoms with Crippen molar-refractivity contribution in [2.45, 2.75) is 13.3 Å². The van der Waals surface area contributed by atoms with E-state index >= 15 is 0 Å². The van der Waals surface area contributed by atoms with Crippen LogP contribution in [0.3, 0.4) is 0 Å². The van der Waals surface area contributed by atoms with Crippen LogP contribution in [-0.4, -0.2) is 32.9 Å². The number of nitrogens with zero attached hydrogens (tertiary/aromatic N) is 2. The Morgan fingerprint density at radius 3 is 2.35 bits per heavy atom. The number of amides is 3.